The normalized spacial score (nSPS) is 15.6. The third-order valence-electron chi connectivity index (χ3n) is 7.21. The highest BCUT2D eigenvalue weighted by atomic mass is 32.1. The molecule has 0 bridgehead atoms. The Kier molecular flexibility index (Phi) is 12.9. The fourth-order valence-corrected chi connectivity index (χ4v) is 7.91. The predicted molar refractivity (Wildman–Crippen MR) is 143 cm³/mol. The second-order valence-electron chi connectivity index (χ2n) is 9.55. The summed E-state index contributed by atoms with van der Waals surface area (Å²) in [5.74, 6) is -0.145. The van der Waals surface area contributed by atoms with Crippen molar-refractivity contribution in [3.05, 3.63) is 16.1 Å². The van der Waals surface area contributed by atoms with Crippen LogP contribution < -0.4 is 5.73 Å². The molecule has 1 aromatic rings. The van der Waals surface area contributed by atoms with Gasteiger partial charge in [-0.05, 0) is 43.3 Å². The molecule has 9 heteroatoms. The summed E-state index contributed by atoms with van der Waals surface area (Å²) in [6.07, 6.45) is 1.26. The molecule has 2 N–H and O–H groups in total. The summed E-state index contributed by atoms with van der Waals surface area (Å²) in [5, 5.41) is 2.52. The van der Waals surface area contributed by atoms with Gasteiger partial charge in [-0.1, -0.05) is 54.9 Å². The maximum absolute atomic E-state index is 13.2. The van der Waals surface area contributed by atoms with E-state index >= 15 is 0 Å². The first-order valence-electron chi connectivity index (χ1n) is 12.8. The van der Waals surface area contributed by atoms with E-state index in [0.717, 1.165) is 29.6 Å². The number of hydrogen-bond acceptors (Lipinski definition) is 7. The summed E-state index contributed by atoms with van der Waals surface area (Å²) in [5.41, 5.74) is 6.55. The lowest BCUT2D eigenvalue weighted by Gasteiger charge is -2.39. The Hall–Kier alpha value is -1.29. The van der Waals surface area contributed by atoms with E-state index in [1.54, 1.807) is 12.3 Å². The molecule has 196 valence electrons. The van der Waals surface area contributed by atoms with Crippen LogP contribution in [0.1, 0.15) is 89.8 Å². The SMILES string of the molecule is CCOC(=O)c1csc([C@@H](C[C@H](C(C)CC)N(C)C(=O)[C@@H](N)C(C)C)O[Si](CC)(CC)CC)n1. The van der Waals surface area contributed by atoms with Crippen molar-refractivity contribution < 1.29 is 18.8 Å². The van der Waals surface area contributed by atoms with E-state index in [9.17, 15) is 9.59 Å². The Morgan fingerprint density at radius 1 is 1.12 bits per heavy atom. The molecule has 0 saturated carbocycles. The van der Waals surface area contributed by atoms with Crippen LogP contribution >= 0.6 is 11.3 Å². The highest BCUT2D eigenvalue weighted by molar-refractivity contribution is 7.09. The van der Waals surface area contributed by atoms with Crippen LogP contribution in [-0.2, 0) is 14.0 Å². The number of nitrogens with zero attached hydrogens (tertiary/aromatic N) is 2. The molecule has 0 aliphatic rings. The Morgan fingerprint density at radius 2 is 1.71 bits per heavy atom. The highest BCUT2D eigenvalue weighted by Gasteiger charge is 2.38. The molecule has 1 aromatic heterocycles. The number of nitrogens with two attached hydrogens (primary N) is 1. The Morgan fingerprint density at radius 3 is 2.18 bits per heavy atom. The number of hydrogen-bond donors (Lipinski definition) is 1. The van der Waals surface area contributed by atoms with E-state index in [1.165, 1.54) is 11.3 Å². The van der Waals surface area contributed by atoms with Gasteiger partial charge < -0.3 is 19.8 Å². The van der Waals surface area contributed by atoms with Crippen molar-refractivity contribution in [1.82, 2.24) is 9.88 Å². The van der Waals surface area contributed by atoms with E-state index in [-0.39, 0.29) is 29.9 Å². The number of carbonyl (C=O) groups excluding carboxylic acids is 2. The van der Waals surface area contributed by atoms with Crippen molar-refractivity contribution in [2.45, 2.75) is 105 Å². The van der Waals surface area contributed by atoms with Gasteiger partial charge in [0.1, 0.15) is 5.01 Å². The van der Waals surface area contributed by atoms with Crippen LogP contribution in [-0.4, -0.2) is 55.8 Å². The van der Waals surface area contributed by atoms with Crippen LogP contribution in [0.5, 0.6) is 0 Å². The minimum Gasteiger partial charge on any atom is -0.461 e. The molecule has 0 aliphatic carbocycles. The molecular formula is C25H47N3O4SSi. The largest absolute Gasteiger partial charge is 0.461 e. The first kappa shape index (κ1) is 30.7. The molecule has 0 fully saturated rings. The molecular weight excluding hydrogens is 466 g/mol. The van der Waals surface area contributed by atoms with Gasteiger partial charge in [-0.3, -0.25) is 4.79 Å². The van der Waals surface area contributed by atoms with Crippen molar-refractivity contribution in [1.29, 1.82) is 0 Å². The molecule has 1 rings (SSSR count). The maximum atomic E-state index is 13.2. The van der Waals surface area contributed by atoms with Gasteiger partial charge >= 0.3 is 5.97 Å². The quantitative estimate of drug-likeness (QED) is 0.241. The Labute approximate surface area is 211 Å². The first-order chi connectivity index (χ1) is 16.0. The smallest absolute Gasteiger partial charge is 0.357 e. The van der Waals surface area contributed by atoms with Crippen LogP contribution in [0.25, 0.3) is 0 Å². The number of likely N-dealkylation sites (N-methyl/N-ethyl adjacent to an activating group) is 1. The summed E-state index contributed by atoms with van der Waals surface area (Å²) in [6, 6.07) is 2.43. The average molecular weight is 514 g/mol. The molecule has 7 nitrogen and oxygen atoms in total. The van der Waals surface area contributed by atoms with Crippen molar-refractivity contribution in [3.8, 4) is 0 Å². The van der Waals surface area contributed by atoms with Gasteiger partial charge in [0.25, 0.3) is 0 Å². The fourth-order valence-electron chi connectivity index (χ4n) is 4.18. The van der Waals surface area contributed by atoms with E-state index < -0.39 is 20.3 Å². The van der Waals surface area contributed by atoms with Crippen LogP contribution in [0.3, 0.4) is 0 Å². The lowest BCUT2D eigenvalue weighted by atomic mass is 9.91. The van der Waals surface area contributed by atoms with E-state index in [4.69, 9.17) is 14.9 Å². The number of rotatable bonds is 15. The first-order valence-corrected chi connectivity index (χ1v) is 16.2. The standard InChI is InChI=1S/C25H47N3O4SSi/c1-10-18(8)20(28(9)24(29)22(26)17(6)7)15-21(32-34(12-3,13-4)14-5)23-27-19(16-33-23)25(30)31-11-2/h16-18,20-22H,10-15,26H2,1-9H3/t18?,20-,21-,22+/m1/s1. The van der Waals surface area contributed by atoms with Gasteiger partial charge in [0.2, 0.25) is 5.91 Å². The van der Waals surface area contributed by atoms with Crippen molar-refractivity contribution in [3.63, 3.8) is 0 Å². The summed E-state index contributed by atoms with van der Waals surface area (Å²) in [7, 11) is -0.132. The molecule has 0 saturated heterocycles. The predicted octanol–water partition coefficient (Wildman–Crippen LogP) is 5.63. The van der Waals surface area contributed by atoms with Crippen LogP contribution in [0, 0.1) is 11.8 Å². The van der Waals surface area contributed by atoms with Gasteiger partial charge in [0.05, 0.1) is 18.8 Å². The molecule has 1 unspecified atom stereocenters. The summed E-state index contributed by atoms with van der Waals surface area (Å²) >= 11 is 1.43. The second-order valence-corrected chi connectivity index (χ2v) is 15.2. The average Bonchev–Trinajstić information content (AvgIpc) is 3.33. The number of ether oxygens (including phenoxy) is 1. The molecule has 0 aliphatic heterocycles. The number of carbonyl (C=O) groups is 2. The van der Waals surface area contributed by atoms with Crippen molar-refractivity contribution in [2.75, 3.05) is 13.7 Å². The summed E-state index contributed by atoms with van der Waals surface area (Å²) < 4.78 is 12.1. The van der Waals surface area contributed by atoms with Crippen LogP contribution in [0.15, 0.2) is 5.38 Å². The number of thiazole rings is 1. The Balaban J connectivity index is 3.40. The zero-order valence-electron chi connectivity index (χ0n) is 22.7. The maximum Gasteiger partial charge on any atom is 0.357 e. The number of aromatic nitrogens is 1. The van der Waals surface area contributed by atoms with Crippen molar-refractivity contribution >= 4 is 31.5 Å². The van der Waals surface area contributed by atoms with Gasteiger partial charge in [-0.2, -0.15) is 0 Å². The molecule has 34 heavy (non-hydrogen) atoms. The summed E-state index contributed by atoms with van der Waals surface area (Å²) in [4.78, 5) is 31.9. The van der Waals surface area contributed by atoms with Crippen LogP contribution in [0.2, 0.25) is 18.1 Å². The van der Waals surface area contributed by atoms with E-state index in [0.29, 0.717) is 18.7 Å². The monoisotopic (exact) mass is 513 g/mol. The number of esters is 1. The van der Waals surface area contributed by atoms with Gasteiger partial charge in [0.15, 0.2) is 14.0 Å². The third-order valence-corrected chi connectivity index (χ3v) is 12.8. The topological polar surface area (TPSA) is 94.8 Å². The minimum absolute atomic E-state index is 0.0459. The third kappa shape index (κ3) is 7.86. The van der Waals surface area contributed by atoms with E-state index in [1.807, 2.05) is 25.8 Å². The molecule has 0 radical (unpaired) electrons. The molecule has 0 spiro atoms. The van der Waals surface area contributed by atoms with Gasteiger partial charge in [0, 0.05) is 18.5 Å². The highest BCUT2D eigenvalue weighted by Crippen LogP contribution is 2.36. The minimum atomic E-state index is -1.99. The van der Waals surface area contributed by atoms with Gasteiger partial charge in [-0.25, -0.2) is 9.78 Å². The zero-order chi connectivity index (χ0) is 26.1. The summed E-state index contributed by atoms with van der Waals surface area (Å²) in [6.45, 7) is 16.9. The molecule has 1 heterocycles. The molecule has 1 amide bonds. The second kappa shape index (κ2) is 14.3. The molecule has 4 atom stereocenters. The number of amides is 1. The molecule has 0 aromatic carbocycles. The zero-order valence-corrected chi connectivity index (χ0v) is 24.5. The van der Waals surface area contributed by atoms with Crippen molar-refractivity contribution in [2.24, 2.45) is 17.6 Å². The lowest BCUT2D eigenvalue weighted by Crippen LogP contribution is -2.51. The van der Waals surface area contributed by atoms with Crippen LogP contribution in [0.4, 0.5) is 0 Å². The van der Waals surface area contributed by atoms with Gasteiger partial charge in [-0.15, -0.1) is 11.3 Å². The fraction of sp³-hybridized carbons (Fsp3) is 0.800. The Bertz CT molecular complexity index is 761. The van der Waals surface area contributed by atoms with E-state index in [2.05, 4.69) is 39.6 Å². The lowest BCUT2D eigenvalue weighted by molar-refractivity contribution is -0.136.